The minimum Gasteiger partial charge on any atom is -0.497 e. The second-order valence-electron chi connectivity index (χ2n) is 10.3. The predicted octanol–water partition coefficient (Wildman–Crippen LogP) is 5.59. The Balaban J connectivity index is 1.46. The van der Waals surface area contributed by atoms with E-state index >= 15 is 0 Å². The standard InChI is InChI=1S/C28H35F3N2O3/c1-18(2)27(11-9-23(15-27)32-16-20-6-8-24(35-3)14-25(20)36-4)26(34)33-12-10-19-5-7-22(28(29,30)31)13-21(19)17-33/h5-8,13-14,18,23,32H,9-12,15-17H2,1-4H3/t23-,27+/m1/s1. The number of rotatable bonds is 7. The van der Waals surface area contributed by atoms with Crippen LogP contribution in [0, 0.1) is 11.3 Å². The zero-order valence-corrected chi connectivity index (χ0v) is 21.4. The maximum atomic E-state index is 13.9. The number of benzene rings is 2. The lowest BCUT2D eigenvalue weighted by molar-refractivity contribution is -0.145. The number of hydrogen-bond acceptors (Lipinski definition) is 4. The van der Waals surface area contributed by atoms with Crippen LogP contribution in [-0.4, -0.2) is 37.6 Å². The van der Waals surface area contributed by atoms with Gasteiger partial charge >= 0.3 is 6.18 Å². The molecule has 4 rings (SSSR count). The van der Waals surface area contributed by atoms with Crippen LogP contribution in [-0.2, 0) is 30.5 Å². The SMILES string of the molecule is COc1ccc(CN[C@@H]2CC[C@@](C(=O)N3CCc4ccc(C(F)(F)F)cc4C3)(C(C)C)C2)c(OC)c1. The summed E-state index contributed by atoms with van der Waals surface area (Å²) >= 11 is 0. The van der Waals surface area contributed by atoms with Crippen molar-refractivity contribution in [1.29, 1.82) is 0 Å². The van der Waals surface area contributed by atoms with E-state index in [9.17, 15) is 18.0 Å². The van der Waals surface area contributed by atoms with Crippen LogP contribution in [0.5, 0.6) is 11.5 Å². The van der Waals surface area contributed by atoms with Gasteiger partial charge in [0.25, 0.3) is 0 Å². The highest BCUT2D eigenvalue weighted by molar-refractivity contribution is 5.84. The zero-order valence-electron chi connectivity index (χ0n) is 21.4. The van der Waals surface area contributed by atoms with Gasteiger partial charge in [0.05, 0.1) is 25.2 Å². The van der Waals surface area contributed by atoms with Crippen molar-refractivity contribution in [2.45, 2.75) is 64.8 Å². The molecule has 2 aliphatic rings. The number of carbonyl (C=O) groups is 1. The maximum Gasteiger partial charge on any atom is 0.416 e. The van der Waals surface area contributed by atoms with Crippen molar-refractivity contribution in [3.63, 3.8) is 0 Å². The highest BCUT2D eigenvalue weighted by atomic mass is 19.4. The van der Waals surface area contributed by atoms with Gasteiger partial charge in [-0.25, -0.2) is 0 Å². The van der Waals surface area contributed by atoms with E-state index in [4.69, 9.17) is 9.47 Å². The number of alkyl halides is 3. The lowest BCUT2D eigenvalue weighted by Crippen LogP contribution is -2.48. The minimum atomic E-state index is -4.39. The van der Waals surface area contributed by atoms with Gasteiger partial charge in [-0.15, -0.1) is 0 Å². The average Bonchev–Trinajstić information content (AvgIpc) is 3.31. The molecule has 8 heteroatoms. The third-order valence-corrected chi connectivity index (χ3v) is 7.99. The molecule has 1 aliphatic heterocycles. The number of halogens is 3. The van der Waals surface area contributed by atoms with Gasteiger partial charge in [-0.05, 0) is 60.9 Å². The number of nitrogens with one attached hydrogen (secondary N) is 1. The maximum absolute atomic E-state index is 13.9. The van der Waals surface area contributed by atoms with Crippen LogP contribution in [0.25, 0.3) is 0 Å². The number of ether oxygens (including phenoxy) is 2. The van der Waals surface area contributed by atoms with Gasteiger partial charge in [-0.1, -0.05) is 26.0 Å². The number of hydrogen-bond donors (Lipinski definition) is 1. The monoisotopic (exact) mass is 504 g/mol. The average molecular weight is 505 g/mol. The first kappa shape index (κ1) is 26.3. The Kier molecular flexibility index (Phi) is 7.55. The summed E-state index contributed by atoms with van der Waals surface area (Å²) in [6.07, 6.45) is -1.49. The Morgan fingerprint density at radius 2 is 1.92 bits per heavy atom. The van der Waals surface area contributed by atoms with E-state index in [1.54, 1.807) is 25.2 Å². The largest absolute Gasteiger partial charge is 0.497 e. The molecule has 5 nitrogen and oxygen atoms in total. The summed E-state index contributed by atoms with van der Waals surface area (Å²) in [7, 11) is 3.24. The lowest BCUT2D eigenvalue weighted by Gasteiger charge is -2.40. The summed E-state index contributed by atoms with van der Waals surface area (Å²) in [6.45, 7) is 5.52. The topological polar surface area (TPSA) is 50.8 Å². The Hall–Kier alpha value is -2.74. The molecule has 0 bridgehead atoms. The van der Waals surface area contributed by atoms with Gasteiger partial charge < -0.3 is 19.7 Å². The summed E-state index contributed by atoms with van der Waals surface area (Å²) < 4.78 is 50.5. The molecule has 0 radical (unpaired) electrons. The predicted molar refractivity (Wildman–Crippen MR) is 132 cm³/mol. The smallest absolute Gasteiger partial charge is 0.416 e. The molecule has 1 fully saturated rings. The Morgan fingerprint density at radius 3 is 2.58 bits per heavy atom. The number of nitrogens with zero attached hydrogens (tertiary/aromatic N) is 1. The molecule has 2 aromatic carbocycles. The molecule has 36 heavy (non-hydrogen) atoms. The first-order valence-electron chi connectivity index (χ1n) is 12.5. The van der Waals surface area contributed by atoms with Crippen molar-refractivity contribution in [2.24, 2.45) is 11.3 Å². The molecule has 1 N–H and O–H groups in total. The molecule has 2 aromatic rings. The molecule has 2 atom stereocenters. The number of amides is 1. The van der Waals surface area contributed by atoms with Crippen molar-refractivity contribution < 1.29 is 27.4 Å². The van der Waals surface area contributed by atoms with Gasteiger partial charge in [0.15, 0.2) is 0 Å². The van der Waals surface area contributed by atoms with Crippen LogP contribution in [0.2, 0.25) is 0 Å². The second-order valence-corrected chi connectivity index (χ2v) is 10.3. The first-order chi connectivity index (χ1) is 17.1. The van der Waals surface area contributed by atoms with Gasteiger partial charge in [-0.3, -0.25) is 4.79 Å². The highest BCUT2D eigenvalue weighted by Gasteiger charge is 2.49. The number of carbonyl (C=O) groups excluding carboxylic acids is 1. The second kappa shape index (κ2) is 10.3. The third-order valence-electron chi connectivity index (χ3n) is 7.99. The normalized spacial score (nSPS) is 22.0. The van der Waals surface area contributed by atoms with E-state index in [1.807, 2.05) is 18.2 Å². The molecular formula is C28H35F3N2O3. The van der Waals surface area contributed by atoms with Gasteiger partial charge in [0.2, 0.25) is 5.91 Å². The van der Waals surface area contributed by atoms with E-state index < -0.39 is 17.2 Å². The number of methoxy groups -OCH3 is 2. The molecule has 0 unspecified atom stereocenters. The number of fused-ring (bicyclic) bond motifs is 1. The van der Waals surface area contributed by atoms with Crippen molar-refractivity contribution in [1.82, 2.24) is 10.2 Å². The lowest BCUT2D eigenvalue weighted by atomic mass is 9.74. The van der Waals surface area contributed by atoms with E-state index in [2.05, 4.69) is 19.2 Å². The van der Waals surface area contributed by atoms with Gasteiger partial charge in [0.1, 0.15) is 11.5 Å². The molecule has 0 aromatic heterocycles. The Labute approximate surface area is 211 Å². The summed E-state index contributed by atoms with van der Waals surface area (Å²) in [6, 6.07) is 9.79. The van der Waals surface area contributed by atoms with Gasteiger partial charge in [0, 0.05) is 37.3 Å². The quantitative estimate of drug-likeness (QED) is 0.534. The fourth-order valence-corrected chi connectivity index (χ4v) is 5.69. The molecule has 1 heterocycles. The van der Waals surface area contributed by atoms with Crippen LogP contribution in [0.1, 0.15) is 55.4 Å². The van der Waals surface area contributed by atoms with E-state index in [1.165, 1.54) is 6.07 Å². The third kappa shape index (κ3) is 5.19. The van der Waals surface area contributed by atoms with Crippen LogP contribution in [0.15, 0.2) is 36.4 Å². The van der Waals surface area contributed by atoms with E-state index in [0.29, 0.717) is 31.5 Å². The Morgan fingerprint density at radius 1 is 1.14 bits per heavy atom. The fourth-order valence-electron chi connectivity index (χ4n) is 5.69. The van der Waals surface area contributed by atoms with Gasteiger partial charge in [-0.2, -0.15) is 13.2 Å². The summed E-state index contributed by atoms with van der Waals surface area (Å²) in [4.78, 5) is 15.7. The van der Waals surface area contributed by atoms with E-state index in [-0.39, 0.29) is 24.4 Å². The van der Waals surface area contributed by atoms with Crippen LogP contribution >= 0.6 is 0 Å². The molecule has 0 spiro atoms. The highest BCUT2D eigenvalue weighted by Crippen LogP contribution is 2.47. The van der Waals surface area contributed by atoms with Crippen molar-refractivity contribution >= 4 is 5.91 Å². The van der Waals surface area contributed by atoms with Crippen molar-refractivity contribution in [3.05, 3.63) is 58.7 Å². The fraction of sp³-hybridized carbons (Fsp3) is 0.536. The van der Waals surface area contributed by atoms with Crippen LogP contribution in [0.3, 0.4) is 0 Å². The van der Waals surface area contributed by atoms with Crippen LogP contribution < -0.4 is 14.8 Å². The zero-order chi connectivity index (χ0) is 26.1. The molecule has 0 saturated heterocycles. The molecule has 1 amide bonds. The van der Waals surface area contributed by atoms with Crippen molar-refractivity contribution in [3.8, 4) is 11.5 Å². The van der Waals surface area contributed by atoms with E-state index in [0.717, 1.165) is 41.5 Å². The Bertz CT molecular complexity index is 1100. The molecule has 1 saturated carbocycles. The molecule has 196 valence electrons. The van der Waals surface area contributed by atoms with Crippen molar-refractivity contribution in [2.75, 3.05) is 20.8 Å². The molecule has 1 aliphatic carbocycles. The first-order valence-corrected chi connectivity index (χ1v) is 12.5. The minimum absolute atomic E-state index is 0.0619. The van der Waals surface area contributed by atoms with Crippen LogP contribution in [0.4, 0.5) is 13.2 Å². The summed E-state index contributed by atoms with van der Waals surface area (Å²) in [5.74, 6) is 1.66. The summed E-state index contributed by atoms with van der Waals surface area (Å²) in [5, 5.41) is 3.60. The molecular weight excluding hydrogens is 469 g/mol. The summed E-state index contributed by atoms with van der Waals surface area (Å²) in [5.41, 5.74) is 1.32.